The number of rotatable bonds is 2. The molecule has 2 heterocycles. The zero-order valence-corrected chi connectivity index (χ0v) is 12.8. The lowest BCUT2D eigenvalue weighted by atomic mass is 9.90. The Morgan fingerprint density at radius 1 is 1.26 bits per heavy atom. The Labute approximate surface area is 132 Å². The van der Waals surface area contributed by atoms with Crippen molar-refractivity contribution in [1.82, 2.24) is 4.98 Å². The second-order valence-electron chi connectivity index (χ2n) is 6.19. The van der Waals surface area contributed by atoms with E-state index in [1.807, 2.05) is 13.8 Å². The van der Waals surface area contributed by atoms with Gasteiger partial charge in [-0.25, -0.2) is 13.8 Å². The van der Waals surface area contributed by atoms with E-state index >= 15 is 0 Å². The van der Waals surface area contributed by atoms with E-state index in [9.17, 15) is 13.6 Å². The van der Waals surface area contributed by atoms with Crippen LogP contribution in [-0.2, 0) is 6.42 Å². The third kappa shape index (κ3) is 2.88. The predicted octanol–water partition coefficient (Wildman–Crippen LogP) is 3.23. The van der Waals surface area contributed by atoms with Crippen molar-refractivity contribution in [2.45, 2.75) is 32.3 Å². The maximum atomic E-state index is 14.2. The van der Waals surface area contributed by atoms with Gasteiger partial charge in [-0.1, -0.05) is 0 Å². The van der Waals surface area contributed by atoms with Gasteiger partial charge in [-0.2, -0.15) is 0 Å². The molecule has 1 aliphatic rings. The van der Waals surface area contributed by atoms with Crippen LogP contribution in [0, 0.1) is 11.6 Å². The fourth-order valence-electron chi connectivity index (χ4n) is 2.69. The molecule has 2 N–H and O–H groups in total. The summed E-state index contributed by atoms with van der Waals surface area (Å²) in [5, 5.41) is 0. The van der Waals surface area contributed by atoms with Crippen molar-refractivity contribution in [3.8, 4) is 17.0 Å². The number of carbonyl (C=O) groups is 1. The molecule has 1 aromatic carbocycles. The topological polar surface area (TPSA) is 65.2 Å². The Bertz CT molecular complexity index is 803. The molecule has 2 aromatic rings. The summed E-state index contributed by atoms with van der Waals surface area (Å²) in [7, 11) is 0. The molecule has 0 radical (unpaired) electrons. The van der Waals surface area contributed by atoms with E-state index in [0.717, 1.165) is 6.07 Å². The molecule has 1 aliphatic heterocycles. The summed E-state index contributed by atoms with van der Waals surface area (Å²) in [5.41, 5.74) is 6.20. The van der Waals surface area contributed by atoms with Crippen molar-refractivity contribution >= 4 is 5.91 Å². The van der Waals surface area contributed by atoms with Crippen LogP contribution in [0.3, 0.4) is 0 Å². The first-order valence-corrected chi connectivity index (χ1v) is 7.25. The second-order valence-corrected chi connectivity index (χ2v) is 6.19. The highest BCUT2D eigenvalue weighted by molar-refractivity contribution is 5.93. The Balaban J connectivity index is 2.23. The van der Waals surface area contributed by atoms with Crippen LogP contribution in [0.25, 0.3) is 11.1 Å². The molecule has 23 heavy (non-hydrogen) atoms. The molecule has 1 aromatic heterocycles. The molecule has 0 atom stereocenters. The molecule has 0 bridgehead atoms. The van der Waals surface area contributed by atoms with Gasteiger partial charge >= 0.3 is 0 Å². The van der Waals surface area contributed by atoms with E-state index in [1.54, 1.807) is 0 Å². The Kier molecular flexibility index (Phi) is 3.55. The molecule has 120 valence electrons. The fraction of sp³-hybridized carbons (Fsp3) is 0.294. The average molecular weight is 318 g/mol. The number of benzene rings is 1. The molecule has 3 rings (SSSR count). The van der Waals surface area contributed by atoms with Gasteiger partial charge in [0.2, 0.25) is 5.88 Å². The van der Waals surface area contributed by atoms with Crippen LogP contribution in [0.2, 0.25) is 0 Å². The molecule has 0 saturated carbocycles. The Hall–Kier alpha value is -2.50. The van der Waals surface area contributed by atoms with Crippen LogP contribution in [0.5, 0.6) is 5.88 Å². The van der Waals surface area contributed by atoms with E-state index < -0.39 is 23.1 Å². The van der Waals surface area contributed by atoms with E-state index in [2.05, 4.69) is 4.98 Å². The molecule has 0 unspecified atom stereocenters. The van der Waals surface area contributed by atoms with Crippen LogP contribution >= 0.6 is 0 Å². The molecule has 0 fully saturated rings. The molecule has 0 saturated heterocycles. The van der Waals surface area contributed by atoms with Gasteiger partial charge in [0.1, 0.15) is 22.9 Å². The molecule has 6 heteroatoms. The van der Waals surface area contributed by atoms with Gasteiger partial charge in [-0.15, -0.1) is 0 Å². The molecule has 4 nitrogen and oxygen atoms in total. The number of fused-ring (bicyclic) bond motifs is 1. The first kappa shape index (κ1) is 15.4. The quantitative estimate of drug-likeness (QED) is 0.924. The number of aromatic nitrogens is 1. The van der Waals surface area contributed by atoms with Gasteiger partial charge < -0.3 is 10.5 Å². The van der Waals surface area contributed by atoms with Crippen molar-refractivity contribution < 1.29 is 18.3 Å². The summed E-state index contributed by atoms with van der Waals surface area (Å²) in [6, 6.07) is 4.74. The molecule has 0 aliphatic carbocycles. The maximum Gasteiger partial charge on any atom is 0.267 e. The number of ether oxygens (including phenoxy) is 1. The highest BCUT2D eigenvalue weighted by atomic mass is 19.1. The van der Waals surface area contributed by atoms with Gasteiger partial charge in [-0.05, 0) is 50.5 Å². The van der Waals surface area contributed by atoms with Crippen LogP contribution in [0.1, 0.15) is 36.3 Å². The maximum absolute atomic E-state index is 14.2. The second kappa shape index (κ2) is 5.30. The zero-order chi connectivity index (χ0) is 16.8. The highest BCUT2D eigenvalue weighted by Gasteiger charge is 2.31. The monoisotopic (exact) mass is 318 g/mol. The molecule has 1 amide bonds. The summed E-state index contributed by atoms with van der Waals surface area (Å²) in [6.07, 6.45) is 1.33. The fourth-order valence-corrected chi connectivity index (χ4v) is 2.69. The molecular formula is C17H16F2N2O2. The number of nitrogens with zero attached hydrogens (tertiary/aromatic N) is 1. The standard InChI is InChI=1S/C17H16F2N2O2/c1-17(2)6-5-11-12(10-4-3-9(18)7-13(10)19)8-14(15(20)22)21-16(11)23-17/h3-4,7-8H,5-6H2,1-2H3,(H2,20,22). The molecular weight excluding hydrogens is 302 g/mol. The van der Waals surface area contributed by atoms with E-state index in [-0.39, 0.29) is 17.1 Å². The van der Waals surface area contributed by atoms with Gasteiger partial charge in [0.05, 0.1) is 0 Å². The van der Waals surface area contributed by atoms with E-state index in [1.165, 1.54) is 18.2 Å². The Morgan fingerprint density at radius 2 is 2.00 bits per heavy atom. The summed E-state index contributed by atoms with van der Waals surface area (Å²) in [4.78, 5) is 15.7. The minimum absolute atomic E-state index is 0.0137. The van der Waals surface area contributed by atoms with Crippen molar-refractivity contribution in [3.05, 3.63) is 47.2 Å². The minimum atomic E-state index is -0.733. The first-order valence-electron chi connectivity index (χ1n) is 7.25. The Morgan fingerprint density at radius 3 is 2.65 bits per heavy atom. The summed E-state index contributed by atoms with van der Waals surface area (Å²) in [5.74, 6) is -1.83. The third-order valence-electron chi connectivity index (χ3n) is 3.91. The largest absolute Gasteiger partial charge is 0.471 e. The number of pyridine rings is 1. The van der Waals surface area contributed by atoms with Crippen molar-refractivity contribution in [2.75, 3.05) is 0 Å². The average Bonchev–Trinajstić information content (AvgIpc) is 2.44. The zero-order valence-electron chi connectivity index (χ0n) is 12.8. The highest BCUT2D eigenvalue weighted by Crippen LogP contribution is 2.39. The van der Waals surface area contributed by atoms with Crippen molar-refractivity contribution in [3.63, 3.8) is 0 Å². The van der Waals surface area contributed by atoms with Crippen LogP contribution in [0.15, 0.2) is 24.3 Å². The van der Waals surface area contributed by atoms with Crippen LogP contribution in [-0.4, -0.2) is 16.5 Å². The van der Waals surface area contributed by atoms with Crippen molar-refractivity contribution in [2.24, 2.45) is 5.73 Å². The number of nitrogens with two attached hydrogens (primary N) is 1. The SMILES string of the molecule is CC1(C)CCc2c(-c3ccc(F)cc3F)cc(C(N)=O)nc2O1. The minimum Gasteiger partial charge on any atom is -0.471 e. The summed E-state index contributed by atoms with van der Waals surface area (Å²) in [6.45, 7) is 3.82. The van der Waals surface area contributed by atoms with Gasteiger partial charge in [0.15, 0.2) is 0 Å². The number of halogens is 2. The number of hydrogen-bond acceptors (Lipinski definition) is 3. The normalized spacial score (nSPS) is 15.7. The lowest BCUT2D eigenvalue weighted by Gasteiger charge is -2.32. The van der Waals surface area contributed by atoms with Gasteiger partial charge in [-0.3, -0.25) is 4.79 Å². The first-order chi connectivity index (χ1) is 10.8. The smallest absolute Gasteiger partial charge is 0.267 e. The number of carbonyl (C=O) groups excluding carboxylic acids is 1. The lowest BCUT2D eigenvalue weighted by Crippen LogP contribution is -2.34. The van der Waals surface area contributed by atoms with Gasteiger partial charge in [0, 0.05) is 17.2 Å². The van der Waals surface area contributed by atoms with Crippen LogP contribution in [0.4, 0.5) is 8.78 Å². The molecule has 0 spiro atoms. The number of amides is 1. The van der Waals surface area contributed by atoms with E-state index in [4.69, 9.17) is 10.5 Å². The number of primary amides is 1. The van der Waals surface area contributed by atoms with E-state index in [0.29, 0.717) is 24.0 Å². The lowest BCUT2D eigenvalue weighted by molar-refractivity contribution is 0.0774. The van der Waals surface area contributed by atoms with Crippen molar-refractivity contribution in [1.29, 1.82) is 0 Å². The summed E-state index contributed by atoms with van der Waals surface area (Å²) < 4.78 is 33.2. The van der Waals surface area contributed by atoms with Gasteiger partial charge in [0.25, 0.3) is 5.91 Å². The summed E-state index contributed by atoms with van der Waals surface area (Å²) >= 11 is 0. The predicted molar refractivity (Wildman–Crippen MR) is 81.1 cm³/mol. The third-order valence-corrected chi connectivity index (χ3v) is 3.91. The van der Waals surface area contributed by atoms with Crippen LogP contribution < -0.4 is 10.5 Å². The number of hydrogen-bond donors (Lipinski definition) is 1.